The first-order valence-corrected chi connectivity index (χ1v) is 4.12. The molecule has 62 valence electrons. The first kappa shape index (κ1) is 9.92. The Morgan fingerprint density at radius 1 is 1.30 bits per heavy atom. The molecule has 0 bridgehead atoms. The molecule has 0 aliphatic carbocycles. The van der Waals surface area contributed by atoms with E-state index in [2.05, 4.69) is 19.2 Å². The molecule has 0 aromatic heterocycles. The van der Waals surface area contributed by atoms with Gasteiger partial charge in [-0.05, 0) is 32.2 Å². The van der Waals surface area contributed by atoms with Gasteiger partial charge in [-0.3, -0.25) is 0 Å². The molecular formula is C8H20N2. The van der Waals surface area contributed by atoms with E-state index in [-0.39, 0.29) is 6.17 Å². The number of hydrogen-bond acceptors (Lipinski definition) is 2. The van der Waals surface area contributed by atoms with E-state index >= 15 is 0 Å². The Morgan fingerprint density at radius 2 is 1.90 bits per heavy atom. The summed E-state index contributed by atoms with van der Waals surface area (Å²) < 4.78 is 0. The first-order valence-electron chi connectivity index (χ1n) is 4.12. The SMILES string of the molecule is CC(C)CCCNC(C)N. The van der Waals surface area contributed by atoms with Crippen molar-refractivity contribution in [2.45, 2.75) is 39.8 Å². The summed E-state index contributed by atoms with van der Waals surface area (Å²) in [6, 6.07) is 0. The third kappa shape index (κ3) is 7.92. The minimum absolute atomic E-state index is 0.146. The Bertz CT molecular complexity index is 59.7. The second-order valence-corrected chi connectivity index (χ2v) is 3.28. The van der Waals surface area contributed by atoms with E-state index in [4.69, 9.17) is 5.73 Å². The number of hydrogen-bond donors (Lipinski definition) is 2. The van der Waals surface area contributed by atoms with Crippen LogP contribution in [-0.2, 0) is 0 Å². The van der Waals surface area contributed by atoms with E-state index < -0.39 is 0 Å². The highest BCUT2D eigenvalue weighted by Gasteiger charge is 1.94. The molecule has 0 spiro atoms. The van der Waals surface area contributed by atoms with Crippen molar-refractivity contribution in [3.8, 4) is 0 Å². The predicted molar refractivity (Wildman–Crippen MR) is 45.7 cm³/mol. The summed E-state index contributed by atoms with van der Waals surface area (Å²) >= 11 is 0. The van der Waals surface area contributed by atoms with E-state index in [9.17, 15) is 0 Å². The number of rotatable bonds is 5. The van der Waals surface area contributed by atoms with Crippen LogP contribution >= 0.6 is 0 Å². The average Bonchev–Trinajstić information content (AvgIpc) is 1.79. The summed E-state index contributed by atoms with van der Waals surface area (Å²) in [4.78, 5) is 0. The maximum Gasteiger partial charge on any atom is 0.0517 e. The van der Waals surface area contributed by atoms with E-state index in [1.807, 2.05) is 6.92 Å². The molecule has 0 aromatic carbocycles. The van der Waals surface area contributed by atoms with Gasteiger partial charge in [0, 0.05) is 0 Å². The zero-order chi connectivity index (χ0) is 7.98. The third-order valence-electron chi connectivity index (χ3n) is 1.42. The van der Waals surface area contributed by atoms with Crippen molar-refractivity contribution in [3.05, 3.63) is 0 Å². The fourth-order valence-corrected chi connectivity index (χ4v) is 0.840. The molecule has 0 aromatic rings. The highest BCUT2D eigenvalue weighted by atomic mass is 15.0. The van der Waals surface area contributed by atoms with Crippen LogP contribution in [0.3, 0.4) is 0 Å². The molecule has 2 nitrogen and oxygen atoms in total. The highest BCUT2D eigenvalue weighted by molar-refractivity contribution is 4.52. The van der Waals surface area contributed by atoms with E-state index in [0.29, 0.717) is 0 Å². The minimum Gasteiger partial charge on any atom is -0.316 e. The molecule has 10 heavy (non-hydrogen) atoms. The standard InChI is InChI=1S/C8H20N2/c1-7(2)5-4-6-10-8(3)9/h7-8,10H,4-6,9H2,1-3H3. The lowest BCUT2D eigenvalue weighted by Crippen LogP contribution is -2.34. The van der Waals surface area contributed by atoms with Gasteiger partial charge in [0.15, 0.2) is 0 Å². The Labute approximate surface area is 64.2 Å². The zero-order valence-electron chi connectivity index (χ0n) is 7.35. The van der Waals surface area contributed by atoms with Gasteiger partial charge >= 0.3 is 0 Å². The van der Waals surface area contributed by atoms with Gasteiger partial charge in [0.25, 0.3) is 0 Å². The average molecular weight is 144 g/mol. The van der Waals surface area contributed by atoms with Gasteiger partial charge in [-0.2, -0.15) is 0 Å². The van der Waals surface area contributed by atoms with Crippen molar-refractivity contribution in [1.29, 1.82) is 0 Å². The smallest absolute Gasteiger partial charge is 0.0517 e. The Kier molecular flexibility index (Phi) is 5.64. The van der Waals surface area contributed by atoms with Crippen LogP contribution < -0.4 is 11.1 Å². The summed E-state index contributed by atoms with van der Waals surface area (Å²) in [6.07, 6.45) is 2.67. The van der Waals surface area contributed by atoms with Crippen LogP contribution in [0, 0.1) is 5.92 Å². The Balaban J connectivity index is 2.91. The topological polar surface area (TPSA) is 38.0 Å². The molecule has 0 saturated heterocycles. The van der Waals surface area contributed by atoms with E-state index in [1.54, 1.807) is 0 Å². The van der Waals surface area contributed by atoms with Gasteiger partial charge in [-0.1, -0.05) is 13.8 Å². The lowest BCUT2D eigenvalue weighted by atomic mass is 10.1. The maximum atomic E-state index is 5.50. The van der Waals surface area contributed by atoms with Gasteiger partial charge in [0.2, 0.25) is 0 Å². The van der Waals surface area contributed by atoms with E-state index in [1.165, 1.54) is 12.8 Å². The summed E-state index contributed by atoms with van der Waals surface area (Å²) in [5.74, 6) is 0.815. The molecule has 0 rings (SSSR count). The molecule has 0 radical (unpaired) electrons. The van der Waals surface area contributed by atoms with E-state index in [0.717, 1.165) is 12.5 Å². The van der Waals surface area contributed by atoms with Crippen LogP contribution in [0.25, 0.3) is 0 Å². The Morgan fingerprint density at radius 3 is 2.30 bits per heavy atom. The fraction of sp³-hybridized carbons (Fsp3) is 1.00. The highest BCUT2D eigenvalue weighted by Crippen LogP contribution is 2.01. The number of nitrogens with two attached hydrogens (primary N) is 1. The minimum atomic E-state index is 0.146. The van der Waals surface area contributed by atoms with Crippen molar-refractivity contribution >= 4 is 0 Å². The third-order valence-corrected chi connectivity index (χ3v) is 1.42. The second kappa shape index (κ2) is 5.69. The molecule has 1 unspecified atom stereocenters. The van der Waals surface area contributed by atoms with Gasteiger partial charge in [0.05, 0.1) is 6.17 Å². The summed E-state index contributed by atoms with van der Waals surface area (Å²) in [6.45, 7) is 7.50. The molecule has 0 fully saturated rings. The predicted octanol–water partition coefficient (Wildman–Crippen LogP) is 1.32. The van der Waals surface area contributed by atoms with Gasteiger partial charge in [-0.25, -0.2) is 0 Å². The normalized spacial score (nSPS) is 14.1. The van der Waals surface area contributed by atoms with Crippen LogP contribution in [0.15, 0.2) is 0 Å². The van der Waals surface area contributed by atoms with Crippen molar-refractivity contribution in [3.63, 3.8) is 0 Å². The molecule has 0 aliphatic rings. The molecule has 0 aliphatic heterocycles. The second-order valence-electron chi connectivity index (χ2n) is 3.28. The van der Waals surface area contributed by atoms with Crippen LogP contribution in [0.4, 0.5) is 0 Å². The van der Waals surface area contributed by atoms with Crippen LogP contribution in [0.2, 0.25) is 0 Å². The Hall–Kier alpha value is -0.0800. The number of nitrogens with one attached hydrogen (secondary N) is 1. The van der Waals surface area contributed by atoms with Crippen molar-refractivity contribution in [2.75, 3.05) is 6.54 Å². The molecule has 2 heteroatoms. The summed E-state index contributed by atoms with van der Waals surface area (Å²) in [5, 5.41) is 3.18. The zero-order valence-corrected chi connectivity index (χ0v) is 7.35. The largest absolute Gasteiger partial charge is 0.316 e. The van der Waals surface area contributed by atoms with Crippen LogP contribution in [0.1, 0.15) is 33.6 Å². The van der Waals surface area contributed by atoms with Gasteiger partial charge in [0.1, 0.15) is 0 Å². The summed E-state index contributed by atoms with van der Waals surface area (Å²) in [7, 11) is 0. The van der Waals surface area contributed by atoms with Crippen molar-refractivity contribution in [1.82, 2.24) is 5.32 Å². The molecule has 0 amide bonds. The molecule has 0 saturated carbocycles. The monoisotopic (exact) mass is 144 g/mol. The lowest BCUT2D eigenvalue weighted by Gasteiger charge is -2.08. The van der Waals surface area contributed by atoms with Crippen LogP contribution in [0.5, 0.6) is 0 Å². The lowest BCUT2D eigenvalue weighted by molar-refractivity contribution is 0.495. The first-order chi connectivity index (χ1) is 4.63. The van der Waals surface area contributed by atoms with Crippen molar-refractivity contribution < 1.29 is 0 Å². The molecule has 0 heterocycles. The maximum absolute atomic E-state index is 5.50. The molecule has 1 atom stereocenters. The fourth-order valence-electron chi connectivity index (χ4n) is 0.840. The van der Waals surface area contributed by atoms with Crippen molar-refractivity contribution in [2.24, 2.45) is 11.7 Å². The summed E-state index contributed by atoms with van der Waals surface area (Å²) in [5.41, 5.74) is 5.50. The molecule has 3 N–H and O–H groups in total. The quantitative estimate of drug-likeness (QED) is 0.451. The van der Waals surface area contributed by atoms with Crippen LogP contribution in [-0.4, -0.2) is 12.7 Å². The van der Waals surface area contributed by atoms with Gasteiger partial charge in [-0.15, -0.1) is 0 Å². The van der Waals surface area contributed by atoms with Gasteiger partial charge < -0.3 is 11.1 Å². The molecular weight excluding hydrogens is 124 g/mol.